The van der Waals surface area contributed by atoms with Crippen LogP contribution in [0.3, 0.4) is 0 Å². The highest BCUT2D eigenvalue weighted by molar-refractivity contribution is 7.98. The number of rotatable bonds is 4. The molecule has 3 heterocycles. The predicted molar refractivity (Wildman–Crippen MR) is 89.0 cm³/mol. The van der Waals surface area contributed by atoms with E-state index in [1.165, 1.54) is 11.8 Å². The summed E-state index contributed by atoms with van der Waals surface area (Å²) in [4.78, 5) is 9.77. The fourth-order valence-corrected chi connectivity index (χ4v) is 4.22. The van der Waals surface area contributed by atoms with Gasteiger partial charge in [0.05, 0.1) is 21.8 Å². The molecule has 8 heteroatoms. The molecule has 0 unspecified atom stereocenters. The van der Waals surface area contributed by atoms with Gasteiger partial charge in [-0.3, -0.25) is 4.68 Å². The summed E-state index contributed by atoms with van der Waals surface area (Å²) >= 11 is 9.43. The molecule has 3 rings (SSSR count). The molecular weight excluding hydrogens is 326 g/mol. The Morgan fingerprint density at radius 1 is 1.43 bits per heavy atom. The Morgan fingerprint density at radius 2 is 2.24 bits per heavy atom. The number of fused-ring (bicyclic) bond motifs is 1. The van der Waals surface area contributed by atoms with Gasteiger partial charge in [0.25, 0.3) is 0 Å². The highest BCUT2D eigenvalue weighted by Crippen LogP contribution is 2.30. The van der Waals surface area contributed by atoms with Crippen LogP contribution in [-0.2, 0) is 19.2 Å². The molecule has 0 bridgehead atoms. The van der Waals surface area contributed by atoms with Crippen LogP contribution in [0.4, 0.5) is 5.82 Å². The van der Waals surface area contributed by atoms with Crippen LogP contribution in [0.15, 0.2) is 16.6 Å². The Bertz CT molecular complexity index is 795. The third-order valence-electron chi connectivity index (χ3n) is 3.17. The number of anilines is 1. The molecule has 0 aliphatic carbocycles. The molecule has 0 saturated heterocycles. The molecule has 0 aliphatic heterocycles. The van der Waals surface area contributed by atoms with Gasteiger partial charge in [-0.05, 0) is 17.9 Å². The Kier molecular flexibility index (Phi) is 4.05. The van der Waals surface area contributed by atoms with Gasteiger partial charge in [0, 0.05) is 12.8 Å². The van der Waals surface area contributed by atoms with E-state index < -0.39 is 0 Å². The second-order valence-corrected chi connectivity index (χ2v) is 6.72. The number of aryl methyl sites for hydroxylation is 2. The number of hydrogen-bond donors (Lipinski definition) is 1. The van der Waals surface area contributed by atoms with Gasteiger partial charge < -0.3 is 5.73 Å². The first-order chi connectivity index (χ1) is 10.1. The van der Waals surface area contributed by atoms with Crippen molar-refractivity contribution < 1.29 is 0 Å². The van der Waals surface area contributed by atoms with Crippen LogP contribution in [0.5, 0.6) is 0 Å². The molecule has 0 aromatic carbocycles. The molecule has 0 saturated carbocycles. The maximum absolute atomic E-state index is 6.34. The average Bonchev–Trinajstić information content (AvgIpc) is 3.02. The van der Waals surface area contributed by atoms with Crippen molar-refractivity contribution in [1.82, 2.24) is 19.7 Å². The molecule has 0 spiro atoms. The van der Waals surface area contributed by atoms with Crippen molar-refractivity contribution in [3.8, 4) is 0 Å². The minimum atomic E-state index is 0.522. The van der Waals surface area contributed by atoms with Crippen molar-refractivity contribution in [1.29, 1.82) is 0 Å². The number of hydrogen-bond acceptors (Lipinski definition) is 6. The van der Waals surface area contributed by atoms with Crippen LogP contribution in [0.1, 0.15) is 18.3 Å². The molecule has 110 valence electrons. The number of nitrogen functional groups attached to an aromatic ring is 1. The smallest absolute Gasteiger partial charge is 0.191 e. The maximum Gasteiger partial charge on any atom is 0.191 e. The number of aromatic nitrogens is 4. The molecule has 3 aromatic rings. The molecule has 0 fully saturated rings. The molecule has 0 amide bonds. The number of thioether (sulfide) groups is 1. The van der Waals surface area contributed by atoms with Crippen LogP contribution < -0.4 is 5.73 Å². The molecule has 21 heavy (non-hydrogen) atoms. The molecular formula is C13H14ClN5S2. The van der Waals surface area contributed by atoms with Crippen molar-refractivity contribution in [2.45, 2.75) is 24.3 Å². The lowest BCUT2D eigenvalue weighted by Gasteiger charge is -2.03. The average molecular weight is 340 g/mol. The third kappa shape index (κ3) is 2.73. The fraction of sp³-hybridized carbons (Fsp3) is 0.308. The first-order valence-electron chi connectivity index (χ1n) is 6.44. The molecule has 2 N–H and O–H groups in total. The van der Waals surface area contributed by atoms with Gasteiger partial charge in [-0.1, -0.05) is 30.3 Å². The van der Waals surface area contributed by atoms with Crippen molar-refractivity contribution >= 4 is 50.7 Å². The van der Waals surface area contributed by atoms with Crippen molar-refractivity contribution in [3.05, 3.63) is 27.9 Å². The van der Waals surface area contributed by atoms with Crippen LogP contribution in [0.25, 0.3) is 10.2 Å². The van der Waals surface area contributed by atoms with Gasteiger partial charge in [0.15, 0.2) is 5.16 Å². The highest BCUT2D eigenvalue weighted by atomic mass is 35.5. The molecule has 0 aliphatic rings. The van der Waals surface area contributed by atoms with E-state index in [-0.39, 0.29) is 0 Å². The van der Waals surface area contributed by atoms with E-state index in [9.17, 15) is 0 Å². The zero-order chi connectivity index (χ0) is 15.0. The molecule has 0 atom stereocenters. The lowest BCUT2D eigenvalue weighted by Crippen LogP contribution is -1.99. The second-order valence-electron chi connectivity index (χ2n) is 4.50. The van der Waals surface area contributed by atoms with Crippen LogP contribution in [-0.4, -0.2) is 19.7 Å². The van der Waals surface area contributed by atoms with Crippen molar-refractivity contribution in [2.24, 2.45) is 7.05 Å². The highest BCUT2D eigenvalue weighted by Gasteiger charge is 2.14. The minimum Gasteiger partial charge on any atom is -0.383 e. The van der Waals surface area contributed by atoms with Gasteiger partial charge >= 0.3 is 0 Å². The summed E-state index contributed by atoms with van der Waals surface area (Å²) in [6.07, 6.45) is 0.821. The number of nitrogens with two attached hydrogens (primary N) is 1. The Morgan fingerprint density at radius 3 is 2.95 bits per heavy atom. The largest absolute Gasteiger partial charge is 0.383 e. The maximum atomic E-state index is 6.34. The molecule has 0 radical (unpaired) electrons. The van der Waals surface area contributed by atoms with Gasteiger partial charge in [0.2, 0.25) is 0 Å². The minimum absolute atomic E-state index is 0.522. The van der Waals surface area contributed by atoms with E-state index >= 15 is 0 Å². The van der Waals surface area contributed by atoms with E-state index in [2.05, 4.69) is 15.1 Å². The van der Waals surface area contributed by atoms with E-state index in [1.807, 2.05) is 30.1 Å². The monoisotopic (exact) mass is 339 g/mol. The topological polar surface area (TPSA) is 69.6 Å². The number of thiophene rings is 1. The van der Waals surface area contributed by atoms with Gasteiger partial charge in [-0.2, -0.15) is 5.10 Å². The molecule has 5 nitrogen and oxygen atoms in total. The predicted octanol–water partition coefficient (Wildman–Crippen LogP) is 3.52. The van der Waals surface area contributed by atoms with Crippen molar-refractivity contribution in [3.63, 3.8) is 0 Å². The molecule has 3 aromatic heterocycles. The Hall–Kier alpha value is -1.31. The summed E-state index contributed by atoms with van der Waals surface area (Å²) in [5.74, 6) is 1.19. The van der Waals surface area contributed by atoms with Gasteiger partial charge in [0.1, 0.15) is 10.6 Å². The van der Waals surface area contributed by atoms with Gasteiger partial charge in [-0.25, -0.2) is 9.97 Å². The lowest BCUT2D eigenvalue weighted by molar-refractivity contribution is 0.719. The zero-order valence-corrected chi connectivity index (χ0v) is 14.0. The van der Waals surface area contributed by atoms with E-state index in [4.69, 9.17) is 17.3 Å². The lowest BCUT2D eigenvalue weighted by atomic mass is 10.3. The van der Waals surface area contributed by atoms with E-state index in [1.54, 1.807) is 11.3 Å². The number of halogens is 1. The van der Waals surface area contributed by atoms with E-state index in [0.717, 1.165) is 33.0 Å². The summed E-state index contributed by atoms with van der Waals surface area (Å²) in [5, 5.41) is 8.69. The SMILES string of the molecule is CCc1nn(C)c(CSc2nc(N)c3ccsc3n2)c1Cl. The van der Waals surface area contributed by atoms with Crippen LogP contribution in [0.2, 0.25) is 5.02 Å². The number of nitrogens with zero attached hydrogens (tertiary/aromatic N) is 4. The first kappa shape index (κ1) is 14.6. The zero-order valence-electron chi connectivity index (χ0n) is 11.6. The standard InChI is InChI=1S/C13H14ClN5S2/c1-3-8-10(14)9(19(2)18-8)6-21-13-16-11(15)7-4-5-20-12(7)17-13/h4-5H,3,6H2,1-2H3,(H2,15,16,17). The van der Waals surface area contributed by atoms with Gasteiger partial charge in [-0.15, -0.1) is 11.3 Å². The summed E-state index contributed by atoms with van der Waals surface area (Å²) in [7, 11) is 1.90. The van der Waals surface area contributed by atoms with Crippen LogP contribution >= 0.6 is 34.7 Å². The summed E-state index contributed by atoms with van der Waals surface area (Å²) < 4.78 is 1.82. The Labute approximate surface area is 135 Å². The third-order valence-corrected chi connectivity index (χ3v) is 5.28. The normalized spacial score (nSPS) is 11.4. The first-order valence-corrected chi connectivity index (χ1v) is 8.68. The Balaban J connectivity index is 1.85. The summed E-state index contributed by atoms with van der Waals surface area (Å²) in [6.45, 7) is 2.04. The van der Waals surface area contributed by atoms with Crippen LogP contribution in [0, 0.1) is 0 Å². The summed E-state index contributed by atoms with van der Waals surface area (Å²) in [5.41, 5.74) is 7.85. The van der Waals surface area contributed by atoms with Crippen molar-refractivity contribution in [2.75, 3.05) is 5.73 Å². The quantitative estimate of drug-likeness (QED) is 0.581. The second kappa shape index (κ2) is 5.82. The summed E-state index contributed by atoms with van der Waals surface area (Å²) in [6, 6.07) is 1.94. The fourth-order valence-electron chi connectivity index (χ4n) is 2.03. The van der Waals surface area contributed by atoms with E-state index in [0.29, 0.717) is 16.7 Å².